The van der Waals surface area contributed by atoms with Crippen LogP contribution in [0.5, 0.6) is 17.2 Å². The van der Waals surface area contributed by atoms with Crippen LogP contribution in [0.15, 0.2) is 42.5 Å². The maximum absolute atomic E-state index is 11.5. The molecule has 0 fully saturated rings. The Balaban J connectivity index is 2.26. The van der Waals surface area contributed by atoms with Gasteiger partial charge in [0.2, 0.25) is 0 Å². The predicted octanol–water partition coefficient (Wildman–Crippen LogP) is 4.05. The van der Waals surface area contributed by atoms with Crippen molar-refractivity contribution in [2.24, 2.45) is 0 Å². The first-order valence-electron chi connectivity index (χ1n) is 6.92. The lowest BCUT2D eigenvalue weighted by Crippen LogP contribution is -2.00. The third-order valence-corrected chi connectivity index (χ3v) is 2.94. The van der Waals surface area contributed by atoms with Gasteiger partial charge >= 0.3 is 0 Å². The summed E-state index contributed by atoms with van der Waals surface area (Å²) in [4.78, 5) is 11.5. The molecule has 110 valence electrons. The van der Waals surface area contributed by atoms with Gasteiger partial charge in [0.1, 0.15) is 5.75 Å². The standard InChI is InChI=1S/C17H19NO3/c1-3-10-20-16-6-4-5-7-17(16)21-13-8-9-15(18)14(11-13)12(2)19/h4-9,11H,3,10,18H2,1-2H3. The quantitative estimate of drug-likeness (QED) is 0.642. The molecule has 0 atom stereocenters. The monoisotopic (exact) mass is 285 g/mol. The van der Waals surface area contributed by atoms with Crippen molar-refractivity contribution in [3.8, 4) is 17.2 Å². The number of benzene rings is 2. The fourth-order valence-corrected chi connectivity index (χ4v) is 1.90. The van der Waals surface area contributed by atoms with Crippen LogP contribution in [0, 0.1) is 0 Å². The number of nitrogens with two attached hydrogens (primary N) is 1. The summed E-state index contributed by atoms with van der Waals surface area (Å²) in [7, 11) is 0. The summed E-state index contributed by atoms with van der Waals surface area (Å²) in [6, 6.07) is 12.5. The van der Waals surface area contributed by atoms with Crippen LogP contribution in [0.4, 0.5) is 5.69 Å². The summed E-state index contributed by atoms with van der Waals surface area (Å²) in [5.41, 5.74) is 6.69. The highest BCUT2D eigenvalue weighted by molar-refractivity contribution is 5.99. The Hall–Kier alpha value is -2.49. The average Bonchev–Trinajstić information content (AvgIpc) is 2.48. The van der Waals surface area contributed by atoms with Gasteiger partial charge in [-0.25, -0.2) is 0 Å². The van der Waals surface area contributed by atoms with Crippen LogP contribution in [0.1, 0.15) is 30.6 Å². The molecule has 0 aliphatic rings. The Morgan fingerprint density at radius 1 is 1.14 bits per heavy atom. The zero-order valence-corrected chi connectivity index (χ0v) is 12.3. The average molecular weight is 285 g/mol. The van der Waals surface area contributed by atoms with Gasteiger partial charge < -0.3 is 15.2 Å². The molecule has 4 heteroatoms. The Bertz CT molecular complexity index is 638. The minimum absolute atomic E-state index is 0.0894. The number of ether oxygens (including phenoxy) is 2. The molecule has 2 N–H and O–H groups in total. The third-order valence-electron chi connectivity index (χ3n) is 2.94. The molecular weight excluding hydrogens is 266 g/mol. The number of nitrogen functional groups attached to an aromatic ring is 1. The molecule has 2 aromatic carbocycles. The van der Waals surface area contributed by atoms with E-state index < -0.39 is 0 Å². The SMILES string of the molecule is CCCOc1ccccc1Oc1ccc(N)c(C(C)=O)c1. The van der Waals surface area contributed by atoms with Gasteiger partial charge in [-0.1, -0.05) is 19.1 Å². The van der Waals surface area contributed by atoms with Crippen molar-refractivity contribution in [3.05, 3.63) is 48.0 Å². The maximum Gasteiger partial charge on any atom is 0.169 e. The predicted molar refractivity (Wildman–Crippen MR) is 83.2 cm³/mol. The summed E-state index contributed by atoms with van der Waals surface area (Å²) >= 11 is 0. The van der Waals surface area contributed by atoms with Gasteiger partial charge in [-0.05, 0) is 43.7 Å². The van der Waals surface area contributed by atoms with Crippen LogP contribution in [0.3, 0.4) is 0 Å². The first kappa shape index (κ1) is 14.9. The summed E-state index contributed by atoms with van der Waals surface area (Å²) in [6.07, 6.45) is 0.921. The minimum atomic E-state index is -0.0894. The van der Waals surface area contributed by atoms with E-state index in [2.05, 4.69) is 0 Å². The molecule has 2 rings (SSSR count). The molecule has 0 heterocycles. The fraction of sp³-hybridized carbons (Fsp3) is 0.235. The fourth-order valence-electron chi connectivity index (χ4n) is 1.90. The number of rotatable bonds is 6. The maximum atomic E-state index is 11.5. The highest BCUT2D eigenvalue weighted by atomic mass is 16.5. The molecule has 0 aliphatic heterocycles. The van der Waals surface area contributed by atoms with E-state index in [4.69, 9.17) is 15.2 Å². The van der Waals surface area contributed by atoms with Crippen molar-refractivity contribution >= 4 is 11.5 Å². The van der Waals surface area contributed by atoms with Crippen LogP contribution in [0.25, 0.3) is 0 Å². The lowest BCUT2D eigenvalue weighted by atomic mass is 10.1. The van der Waals surface area contributed by atoms with E-state index in [1.165, 1.54) is 6.92 Å². The van der Waals surface area contributed by atoms with Crippen molar-refractivity contribution in [1.82, 2.24) is 0 Å². The first-order valence-corrected chi connectivity index (χ1v) is 6.92. The lowest BCUT2D eigenvalue weighted by molar-refractivity contribution is 0.101. The molecule has 0 saturated heterocycles. The van der Waals surface area contributed by atoms with E-state index in [1.807, 2.05) is 31.2 Å². The van der Waals surface area contributed by atoms with Crippen LogP contribution in [-0.2, 0) is 0 Å². The number of para-hydroxylation sites is 2. The van der Waals surface area contributed by atoms with Gasteiger partial charge in [0.05, 0.1) is 6.61 Å². The molecule has 0 saturated carbocycles. The van der Waals surface area contributed by atoms with Crippen LogP contribution in [0.2, 0.25) is 0 Å². The zero-order chi connectivity index (χ0) is 15.2. The molecule has 0 aromatic heterocycles. The molecule has 0 aliphatic carbocycles. The topological polar surface area (TPSA) is 61.6 Å². The van der Waals surface area contributed by atoms with Gasteiger partial charge in [-0.15, -0.1) is 0 Å². The Labute approximate surface area is 124 Å². The molecule has 4 nitrogen and oxygen atoms in total. The number of ketones is 1. The third kappa shape index (κ3) is 3.75. The number of anilines is 1. The Kier molecular flexibility index (Phi) is 4.82. The summed E-state index contributed by atoms with van der Waals surface area (Å²) < 4.78 is 11.5. The number of carbonyl (C=O) groups excluding carboxylic acids is 1. The van der Waals surface area contributed by atoms with Crippen LogP contribution < -0.4 is 15.2 Å². The zero-order valence-electron chi connectivity index (χ0n) is 12.3. The highest BCUT2D eigenvalue weighted by Crippen LogP contribution is 2.32. The van der Waals surface area contributed by atoms with Gasteiger partial charge in [-0.2, -0.15) is 0 Å². The largest absolute Gasteiger partial charge is 0.490 e. The van der Waals surface area contributed by atoms with Crippen LogP contribution in [-0.4, -0.2) is 12.4 Å². The van der Waals surface area contributed by atoms with E-state index in [0.29, 0.717) is 35.1 Å². The van der Waals surface area contributed by atoms with Crippen molar-refractivity contribution in [3.63, 3.8) is 0 Å². The second-order valence-electron chi connectivity index (χ2n) is 4.70. The molecular formula is C17H19NO3. The molecule has 2 aromatic rings. The number of carbonyl (C=O) groups is 1. The lowest BCUT2D eigenvalue weighted by Gasteiger charge is -2.13. The van der Waals surface area contributed by atoms with Crippen LogP contribution >= 0.6 is 0 Å². The smallest absolute Gasteiger partial charge is 0.169 e. The molecule has 0 radical (unpaired) electrons. The highest BCUT2D eigenvalue weighted by Gasteiger charge is 2.09. The first-order chi connectivity index (χ1) is 10.1. The molecule has 0 bridgehead atoms. The molecule has 0 amide bonds. The molecule has 0 unspecified atom stereocenters. The van der Waals surface area contributed by atoms with E-state index in [9.17, 15) is 4.79 Å². The molecule has 0 spiro atoms. The molecule has 21 heavy (non-hydrogen) atoms. The van der Waals surface area contributed by atoms with E-state index in [-0.39, 0.29) is 5.78 Å². The van der Waals surface area contributed by atoms with Gasteiger partial charge in [0.25, 0.3) is 0 Å². The number of hydrogen-bond donors (Lipinski definition) is 1. The summed E-state index contributed by atoms with van der Waals surface area (Å²) in [6.45, 7) is 4.15. The second kappa shape index (κ2) is 6.79. The van der Waals surface area contributed by atoms with E-state index in [1.54, 1.807) is 18.2 Å². The normalized spacial score (nSPS) is 10.2. The number of Topliss-reactive ketones (excluding diaryl/α,β-unsaturated/α-hetero) is 1. The van der Waals surface area contributed by atoms with Crippen molar-refractivity contribution < 1.29 is 14.3 Å². The van der Waals surface area contributed by atoms with E-state index in [0.717, 1.165) is 6.42 Å². The Morgan fingerprint density at radius 2 is 1.86 bits per heavy atom. The summed E-state index contributed by atoms with van der Waals surface area (Å²) in [5.74, 6) is 1.76. The van der Waals surface area contributed by atoms with Crippen molar-refractivity contribution in [1.29, 1.82) is 0 Å². The second-order valence-corrected chi connectivity index (χ2v) is 4.70. The van der Waals surface area contributed by atoms with Crippen molar-refractivity contribution in [2.45, 2.75) is 20.3 Å². The van der Waals surface area contributed by atoms with E-state index >= 15 is 0 Å². The van der Waals surface area contributed by atoms with Gasteiger partial charge in [-0.3, -0.25) is 4.79 Å². The number of hydrogen-bond acceptors (Lipinski definition) is 4. The Morgan fingerprint density at radius 3 is 2.52 bits per heavy atom. The van der Waals surface area contributed by atoms with Gasteiger partial charge in [0.15, 0.2) is 17.3 Å². The minimum Gasteiger partial charge on any atom is -0.490 e. The van der Waals surface area contributed by atoms with Gasteiger partial charge in [0, 0.05) is 11.3 Å². The summed E-state index contributed by atoms with van der Waals surface area (Å²) in [5, 5.41) is 0. The van der Waals surface area contributed by atoms with Crippen molar-refractivity contribution in [2.75, 3.05) is 12.3 Å².